The van der Waals surface area contributed by atoms with Crippen LogP contribution in [0.2, 0.25) is 0 Å². The summed E-state index contributed by atoms with van der Waals surface area (Å²) in [6.45, 7) is 1.53. The van der Waals surface area contributed by atoms with Gasteiger partial charge in [0.05, 0.1) is 14.2 Å². The highest BCUT2D eigenvalue weighted by Gasteiger charge is 2.27. The fourth-order valence-corrected chi connectivity index (χ4v) is 3.68. The molecule has 3 rings (SSSR count). The van der Waals surface area contributed by atoms with Crippen molar-refractivity contribution in [3.8, 4) is 11.5 Å². The average molecular weight is 347 g/mol. The SMILES string of the molecule is COc1cc2c(c(F)c1OC)CCNCC2c1ccc(SC)cc1. The summed E-state index contributed by atoms with van der Waals surface area (Å²) in [7, 11) is 3.02. The molecule has 0 saturated heterocycles. The average Bonchev–Trinajstić information content (AvgIpc) is 2.84. The van der Waals surface area contributed by atoms with Crippen molar-refractivity contribution >= 4 is 11.8 Å². The number of halogens is 1. The second-order valence-corrected chi connectivity index (χ2v) is 6.65. The minimum atomic E-state index is -0.304. The van der Waals surface area contributed by atoms with E-state index in [9.17, 15) is 4.39 Å². The Kier molecular flexibility index (Phi) is 5.31. The van der Waals surface area contributed by atoms with Gasteiger partial charge in [0.25, 0.3) is 0 Å². The van der Waals surface area contributed by atoms with Crippen LogP contribution in [0.3, 0.4) is 0 Å². The second kappa shape index (κ2) is 7.45. The van der Waals surface area contributed by atoms with Crippen molar-refractivity contribution < 1.29 is 13.9 Å². The van der Waals surface area contributed by atoms with Crippen LogP contribution in [-0.4, -0.2) is 33.6 Å². The number of hydrogen-bond donors (Lipinski definition) is 1. The van der Waals surface area contributed by atoms with Crippen LogP contribution in [0.4, 0.5) is 4.39 Å². The largest absolute Gasteiger partial charge is 0.493 e. The molecule has 0 amide bonds. The van der Waals surface area contributed by atoms with Gasteiger partial charge in [-0.2, -0.15) is 0 Å². The minimum absolute atomic E-state index is 0.0905. The second-order valence-electron chi connectivity index (χ2n) is 5.77. The Morgan fingerprint density at radius 3 is 2.54 bits per heavy atom. The normalized spacial score (nSPS) is 17.1. The first-order chi connectivity index (χ1) is 11.7. The van der Waals surface area contributed by atoms with Crippen LogP contribution >= 0.6 is 11.8 Å². The molecule has 0 radical (unpaired) electrons. The molecule has 3 nitrogen and oxygen atoms in total. The zero-order valence-electron chi connectivity index (χ0n) is 14.2. The summed E-state index contributed by atoms with van der Waals surface area (Å²) in [6, 6.07) is 10.4. The molecule has 24 heavy (non-hydrogen) atoms. The lowest BCUT2D eigenvalue weighted by molar-refractivity contribution is 0.335. The Morgan fingerprint density at radius 1 is 1.17 bits per heavy atom. The third kappa shape index (κ3) is 3.10. The highest BCUT2D eigenvalue weighted by Crippen LogP contribution is 2.40. The third-order valence-electron chi connectivity index (χ3n) is 4.54. The molecule has 0 aliphatic carbocycles. The van der Waals surface area contributed by atoms with Gasteiger partial charge >= 0.3 is 0 Å². The predicted molar refractivity (Wildman–Crippen MR) is 96.1 cm³/mol. The van der Waals surface area contributed by atoms with Crippen LogP contribution in [-0.2, 0) is 6.42 Å². The predicted octanol–water partition coefficient (Wildman–Crippen LogP) is 3.84. The van der Waals surface area contributed by atoms with Crippen LogP contribution in [0.1, 0.15) is 22.6 Å². The zero-order valence-corrected chi connectivity index (χ0v) is 15.0. The number of benzene rings is 2. The van der Waals surface area contributed by atoms with E-state index in [1.54, 1.807) is 18.9 Å². The van der Waals surface area contributed by atoms with Crippen molar-refractivity contribution in [3.63, 3.8) is 0 Å². The molecular formula is C19H22FNO2S. The quantitative estimate of drug-likeness (QED) is 0.851. The maximum Gasteiger partial charge on any atom is 0.197 e. The molecule has 1 heterocycles. The summed E-state index contributed by atoms with van der Waals surface area (Å²) in [4.78, 5) is 1.22. The van der Waals surface area contributed by atoms with Crippen molar-refractivity contribution in [3.05, 3.63) is 52.8 Å². The molecule has 2 aromatic rings. The van der Waals surface area contributed by atoms with E-state index < -0.39 is 0 Å². The molecule has 1 atom stereocenters. The van der Waals surface area contributed by atoms with E-state index in [4.69, 9.17) is 9.47 Å². The number of thioether (sulfide) groups is 1. The summed E-state index contributed by atoms with van der Waals surface area (Å²) in [5, 5.41) is 3.42. The van der Waals surface area contributed by atoms with Gasteiger partial charge in [0.1, 0.15) is 0 Å². The number of nitrogens with one attached hydrogen (secondary N) is 1. The molecule has 0 spiro atoms. The molecule has 0 bridgehead atoms. The van der Waals surface area contributed by atoms with Gasteiger partial charge in [-0.15, -0.1) is 11.8 Å². The van der Waals surface area contributed by atoms with Crippen molar-refractivity contribution in [1.82, 2.24) is 5.32 Å². The first-order valence-corrected chi connectivity index (χ1v) is 9.20. The van der Waals surface area contributed by atoms with Gasteiger partial charge in [-0.1, -0.05) is 12.1 Å². The fourth-order valence-electron chi connectivity index (χ4n) is 3.28. The molecule has 0 aromatic heterocycles. The molecule has 0 fully saturated rings. The van der Waals surface area contributed by atoms with Crippen molar-refractivity contribution in [2.45, 2.75) is 17.2 Å². The van der Waals surface area contributed by atoms with Crippen LogP contribution < -0.4 is 14.8 Å². The first kappa shape index (κ1) is 17.1. The molecule has 1 aliphatic rings. The Labute approximate surface area is 146 Å². The van der Waals surface area contributed by atoms with E-state index in [0.29, 0.717) is 12.2 Å². The van der Waals surface area contributed by atoms with Gasteiger partial charge in [0.2, 0.25) is 0 Å². The van der Waals surface area contributed by atoms with Crippen LogP contribution in [0.5, 0.6) is 11.5 Å². The number of hydrogen-bond acceptors (Lipinski definition) is 4. The first-order valence-electron chi connectivity index (χ1n) is 7.97. The maximum atomic E-state index is 15.0. The van der Waals surface area contributed by atoms with Gasteiger partial charge in [-0.3, -0.25) is 0 Å². The van der Waals surface area contributed by atoms with Gasteiger partial charge in [-0.25, -0.2) is 4.39 Å². The summed E-state index contributed by atoms with van der Waals surface area (Å²) < 4.78 is 25.5. The standard InChI is InChI=1S/C19H22FNO2S/c1-22-17-10-15-14(18(20)19(17)23-2)8-9-21-11-16(15)12-4-6-13(24-3)7-5-12/h4-7,10,16,21H,8-9,11H2,1-3H3. The molecule has 1 N–H and O–H groups in total. The van der Waals surface area contributed by atoms with E-state index in [-0.39, 0.29) is 17.5 Å². The molecule has 2 aromatic carbocycles. The fraction of sp³-hybridized carbons (Fsp3) is 0.368. The summed E-state index contributed by atoms with van der Waals surface area (Å²) in [6.07, 6.45) is 2.70. The maximum absolute atomic E-state index is 15.0. The van der Waals surface area contributed by atoms with Crippen molar-refractivity contribution in [2.75, 3.05) is 33.6 Å². The van der Waals surface area contributed by atoms with Gasteiger partial charge in [0, 0.05) is 17.4 Å². The minimum Gasteiger partial charge on any atom is -0.493 e. The van der Waals surface area contributed by atoms with Gasteiger partial charge < -0.3 is 14.8 Å². The van der Waals surface area contributed by atoms with E-state index in [1.807, 2.05) is 6.07 Å². The third-order valence-corrected chi connectivity index (χ3v) is 5.28. The molecule has 5 heteroatoms. The lowest BCUT2D eigenvalue weighted by atomic mass is 9.87. The Hall–Kier alpha value is -1.72. The molecular weight excluding hydrogens is 325 g/mol. The summed E-state index contributed by atoms with van der Waals surface area (Å²) >= 11 is 1.72. The Balaban J connectivity index is 2.12. The Bertz CT molecular complexity index is 718. The van der Waals surface area contributed by atoms with Crippen molar-refractivity contribution in [2.24, 2.45) is 0 Å². The molecule has 0 saturated carbocycles. The Morgan fingerprint density at radius 2 is 1.92 bits per heavy atom. The van der Waals surface area contributed by atoms with E-state index in [1.165, 1.54) is 17.6 Å². The van der Waals surface area contributed by atoms with Crippen LogP contribution in [0.25, 0.3) is 0 Å². The zero-order chi connectivity index (χ0) is 17.1. The van der Waals surface area contributed by atoms with Crippen LogP contribution in [0.15, 0.2) is 35.2 Å². The smallest absolute Gasteiger partial charge is 0.197 e. The number of ether oxygens (including phenoxy) is 2. The van der Waals surface area contributed by atoms with E-state index in [0.717, 1.165) is 24.2 Å². The van der Waals surface area contributed by atoms with Crippen LogP contribution in [0, 0.1) is 5.82 Å². The van der Waals surface area contributed by atoms with Crippen molar-refractivity contribution in [1.29, 1.82) is 0 Å². The molecule has 1 unspecified atom stereocenters. The highest BCUT2D eigenvalue weighted by atomic mass is 32.2. The summed E-state index contributed by atoms with van der Waals surface area (Å²) in [5.74, 6) is 0.421. The lowest BCUT2D eigenvalue weighted by Crippen LogP contribution is -2.20. The van der Waals surface area contributed by atoms with Gasteiger partial charge in [-0.05, 0) is 54.1 Å². The monoisotopic (exact) mass is 347 g/mol. The van der Waals surface area contributed by atoms with Gasteiger partial charge in [0.15, 0.2) is 17.3 Å². The number of rotatable bonds is 4. The molecule has 128 valence electrons. The van der Waals surface area contributed by atoms with E-state index >= 15 is 0 Å². The number of fused-ring (bicyclic) bond motifs is 1. The summed E-state index contributed by atoms with van der Waals surface area (Å²) in [5.41, 5.74) is 2.87. The highest BCUT2D eigenvalue weighted by molar-refractivity contribution is 7.98. The topological polar surface area (TPSA) is 30.5 Å². The number of methoxy groups -OCH3 is 2. The molecule has 1 aliphatic heterocycles. The lowest BCUT2D eigenvalue weighted by Gasteiger charge is -2.21. The van der Waals surface area contributed by atoms with E-state index in [2.05, 4.69) is 35.8 Å².